The van der Waals surface area contributed by atoms with Gasteiger partial charge in [-0.25, -0.2) is 4.68 Å². The van der Waals surface area contributed by atoms with Gasteiger partial charge >= 0.3 is 0 Å². The molecule has 27 heavy (non-hydrogen) atoms. The number of nitrogens with one attached hydrogen (secondary N) is 2. The molecule has 8 heteroatoms. The van der Waals surface area contributed by atoms with Gasteiger partial charge < -0.3 is 10.2 Å². The summed E-state index contributed by atoms with van der Waals surface area (Å²) in [6.45, 7) is 0.894. The number of carbonyl (C=O) groups excluding carboxylic acids is 2. The van der Waals surface area contributed by atoms with Gasteiger partial charge in [0.25, 0.3) is 11.1 Å². The van der Waals surface area contributed by atoms with Gasteiger partial charge in [0, 0.05) is 25.6 Å². The second-order valence-corrected chi connectivity index (χ2v) is 7.25. The third kappa shape index (κ3) is 3.51. The van der Waals surface area contributed by atoms with Crippen LogP contribution in [0.3, 0.4) is 0 Å². The number of H-pyrrole nitrogens is 1. The number of hydrogen-bond acceptors (Lipinski definition) is 4. The molecule has 8 nitrogen and oxygen atoms in total. The van der Waals surface area contributed by atoms with Crippen molar-refractivity contribution in [2.75, 3.05) is 13.1 Å². The minimum absolute atomic E-state index is 0.107. The van der Waals surface area contributed by atoms with Gasteiger partial charge in [0.15, 0.2) is 0 Å². The van der Waals surface area contributed by atoms with Crippen molar-refractivity contribution in [3.05, 3.63) is 45.0 Å². The number of carbonyl (C=O) groups is 2. The predicted octanol–water partition coefficient (Wildman–Crippen LogP) is 0.207. The van der Waals surface area contributed by atoms with Gasteiger partial charge in [-0.1, -0.05) is 12.1 Å². The fourth-order valence-corrected chi connectivity index (χ4v) is 3.66. The summed E-state index contributed by atoms with van der Waals surface area (Å²) >= 11 is 0. The maximum Gasteiger partial charge on any atom is 0.273 e. The molecule has 0 bridgehead atoms. The van der Waals surface area contributed by atoms with Gasteiger partial charge in [0.2, 0.25) is 11.8 Å². The Morgan fingerprint density at radius 3 is 2.59 bits per heavy atom. The first-order valence-electron chi connectivity index (χ1n) is 9.33. The SMILES string of the molecule is O=C(NCCn1[nH]c(=O)c2ccccc2c1=O)[C@H]1CCC(=O)N(C2CC2)C1. The van der Waals surface area contributed by atoms with Gasteiger partial charge in [-0.2, -0.15) is 0 Å². The number of amides is 2. The molecule has 0 unspecified atom stereocenters. The maximum atomic E-state index is 12.5. The average molecular weight is 370 g/mol. The number of aromatic amines is 1. The van der Waals surface area contributed by atoms with Crippen molar-refractivity contribution >= 4 is 22.6 Å². The number of nitrogens with zero attached hydrogens (tertiary/aromatic N) is 2. The van der Waals surface area contributed by atoms with Crippen LogP contribution in [0.2, 0.25) is 0 Å². The highest BCUT2D eigenvalue weighted by molar-refractivity contribution is 5.84. The molecule has 1 aromatic carbocycles. The Hall–Kier alpha value is -2.90. The molecule has 2 heterocycles. The van der Waals surface area contributed by atoms with Gasteiger partial charge in [-0.15, -0.1) is 0 Å². The molecule has 2 N–H and O–H groups in total. The van der Waals surface area contributed by atoms with Crippen molar-refractivity contribution in [3.8, 4) is 0 Å². The molecule has 0 spiro atoms. The largest absolute Gasteiger partial charge is 0.354 e. The summed E-state index contributed by atoms with van der Waals surface area (Å²) in [6.07, 6.45) is 3.02. The van der Waals surface area contributed by atoms with E-state index < -0.39 is 0 Å². The number of aromatic nitrogens is 2. The highest BCUT2D eigenvalue weighted by Gasteiger charge is 2.38. The lowest BCUT2D eigenvalue weighted by molar-refractivity contribution is -0.138. The molecule has 1 atom stereocenters. The lowest BCUT2D eigenvalue weighted by Crippen LogP contribution is -2.47. The first-order valence-corrected chi connectivity index (χ1v) is 9.33. The molecule has 1 aliphatic carbocycles. The second kappa shape index (κ2) is 7.02. The van der Waals surface area contributed by atoms with Crippen LogP contribution in [0.15, 0.2) is 33.9 Å². The lowest BCUT2D eigenvalue weighted by atomic mass is 9.96. The Labute approximate surface area is 155 Å². The molecule has 1 saturated carbocycles. The third-order valence-electron chi connectivity index (χ3n) is 5.32. The van der Waals surface area contributed by atoms with Gasteiger partial charge in [-0.05, 0) is 31.4 Å². The van der Waals surface area contributed by atoms with Crippen molar-refractivity contribution in [2.24, 2.45) is 5.92 Å². The highest BCUT2D eigenvalue weighted by Crippen LogP contribution is 2.31. The molecule has 142 valence electrons. The summed E-state index contributed by atoms with van der Waals surface area (Å²) in [5, 5.41) is 6.10. The molecule has 1 aliphatic heterocycles. The molecule has 0 radical (unpaired) electrons. The summed E-state index contributed by atoms with van der Waals surface area (Å²) < 4.78 is 1.23. The molecular weight excluding hydrogens is 348 g/mol. The fraction of sp³-hybridized carbons (Fsp3) is 0.474. The van der Waals surface area contributed by atoms with Crippen molar-refractivity contribution in [1.29, 1.82) is 0 Å². The summed E-state index contributed by atoms with van der Waals surface area (Å²) in [5.74, 6) is -0.179. The normalized spacial score (nSPS) is 20.1. The predicted molar refractivity (Wildman–Crippen MR) is 99.3 cm³/mol. The first kappa shape index (κ1) is 17.5. The van der Waals surface area contributed by atoms with Crippen LogP contribution in [0.5, 0.6) is 0 Å². The second-order valence-electron chi connectivity index (χ2n) is 7.25. The van der Waals surface area contributed by atoms with E-state index in [0.29, 0.717) is 36.2 Å². The minimum Gasteiger partial charge on any atom is -0.354 e. The van der Waals surface area contributed by atoms with Crippen LogP contribution in [0, 0.1) is 5.92 Å². The maximum absolute atomic E-state index is 12.5. The van der Waals surface area contributed by atoms with Crippen LogP contribution in [-0.2, 0) is 16.1 Å². The molecular formula is C19H22N4O4. The highest BCUT2D eigenvalue weighted by atomic mass is 16.2. The van der Waals surface area contributed by atoms with Crippen LogP contribution < -0.4 is 16.4 Å². The number of piperidine rings is 1. The Balaban J connectivity index is 1.38. The molecule has 1 aromatic heterocycles. The van der Waals surface area contributed by atoms with E-state index in [1.54, 1.807) is 24.3 Å². The van der Waals surface area contributed by atoms with E-state index in [0.717, 1.165) is 12.8 Å². The van der Waals surface area contributed by atoms with Crippen LogP contribution in [0.25, 0.3) is 10.8 Å². The summed E-state index contributed by atoms with van der Waals surface area (Å²) in [5.41, 5.74) is -0.620. The van der Waals surface area contributed by atoms with E-state index in [-0.39, 0.29) is 41.9 Å². The standard InChI is InChI=1S/C19H22N4O4/c24-16-8-5-12(11-22(16)13-6-7-13)17(25)20-9-10-23-19(27)15-4-2-1-3-14(15)18(26)21-23/h1-4,12-13H,5-11H2,(H,20,25)(H,21,26)/t12-/m0/s1. The van der Waals surface area contributed by atoms with E-state index in [4.69, 9.17) is 0 Å². The Bertz CT molecular complexity index is 1000. The van der Waals surface area contributed by atoms with Crippen LogP contribution in [-0.4, -0.2) is 45.6 Å². The first-order chi connectivity index (χ1) is 13.0. The molecule has 2 aliphatic rings. The number of fused-ring (bicyclic) bond motifs is 1. The van der Waals surface area contributed by atoms with E-state index in [1.165, 1.54) is 4.68 Å². The van der Waals surface area contributed by atoms with E-state index in [2.05, 4.69) is 10.4 Å². The number of rotatable bonds is 5. The molecule has 2 fully saturated rings. The van der Waals surface area contributed by atoms with Gasteiger partial charge in [0.05, 0.1) is 23.2 Å². The van der Waals surface area contributed by atoms with E-state index >= 15 is 0 Å². The molecule has 2 amide bonds. The zero-order valence-electron chi connectivity index (χ0n) is 14.9. The molecule has 1 saturated heterocycles. The molecule has 4 rings (SSSR count). The molecule has 2 aromatic rings. The summed E-state index contributed by atoms with van der Waals surface area (Å²) in [4.78, 5) is 50.8. The van der Waals surface area contributed by atoms with E-state index in [1.807, 2.05) is 4.90 Å². The number of benzene rings is 1. The number of likely N-dealkylation sites (tertiary alicyclic amines) is 1. The van der Waals surface area contributed by atoms with Crippen LogP contribution in [0.1, 0.15) is 25.7 Å². The Morgan fingerprint density at radius 1 is 1.11 bits per heavy atom. The minimum atomic E-state index is -0.331. The fourth-order valence-electron chi connectivity index (χ4n) is 3.66. The van der Waals surface area contributed by atoms with Crippen molar-refractivity contribution in [2.45, 2.75) is 38.3 Å². The van der Waals surface area contributed by atoms with Gasteiger partial charge in [-0.3, -0.25) is 24.3 Å². The zero-order valence-corrected chi connectivity index (χ0v) is 14.9. The number of hydrogen-bond donors (Lipinski definition) is 2. The quantitative estimate of drug-likeness (QED) is 0.785. The topological polar surface area (TPSA) is 104 Å². The summed E-state index contributed by atoms with van der Waals surface area (Å²) in [6, 6.07) is 6.96. The van der Waals surface area contributed by atoms with Crippen LogP contribution in [0.4, 0.5) is 0 Å². The Morgan fingerprint density at radius 2 is 1.85 bits per heavy atom. The van der Waals surface area contributed by atoms with E-state index in [9.17, 15) is 19.2 Å². The van der Waals surface area contributed by atoms with Gasteiger partial charge in [0.1, 0.15) is 0 Å². The smallest absolute Gasteiger partial charge is 0.273 e. The van der Waals surface area contributed by atoms with Crippen LogP contribution >= 0.6 is 0 Å². The van der Waals surface area contributed by atoms with Crippen molar-refractivity contribution in [1.82, 2.24) is 20.0 Å². The third-order valence-corrected chi connectivity index (χ3v) is 5.32. The zero-order chi connectivity index (χ0) is 19.0. The summed E-state index contributed by atoms with van der Waals surface area (Å²) in [7, 11) is 0. The van der Waals surface area contributed by atoms with Crippen molar-refractivity contribution in [3.63, 3.8) is 0 Å². The lowest BCUT2D eigenvalue weighted by Gasteiger charge is -2.32. The van der Waals surface area contributed by atoms with Crippen molar-refractivity contribution < 1.29 is 9.59 Å². The monoisotopic (exact) mass is 370 g/mol. The Kier molecular flexibility index (Phi) is 4.55. The average Bonchev–Trinajstić information content (AvgIpc) is 3.51.